The molecule has 1 fully saturated rings. The number of thioether (sulfide) groups is 1. The van der Waals surface area contributed by atoms with Crippen LogP contribution in [0.25, 0.3) is 0 Å². The van der Waals surface area contributed by atoms with Crippen LogP contribution >= 0.6 is 11.8 Å². The summed E-state index contributed by atoms with van der Waals surface area (Å²) in [6.45, 7) is 10.1. The molecular weight excluding hydrogens is 278 g/mol. The molecule has 1 atom stereocenters. The van der Waals surface area contributed by atoms with E-state index in [1.165, 1.54) is 30.2 Å². The number of aryl methyl sites for hydroxylation is 1. The minimum atomic E-state index is 0.641. The number of unbranched alkanes of at least 4 members (excludes halogenated alkanes) is 1. The van der Waals surface area contributed by atoms with Gasteiger partial charge in [-0.15, -0.1) is 0 Å². The number of nitrogens with zero attached hydrogens (tertiary/aromatic N) is 3. The van der Waals surface area contributed by atoms with Gasteiger partial charge in [0.15, 0.2) is 5.17 Å². The molecule has 1 aliphatic heterocycles. The zero-order valence-corrected chi connectivity index (χ0v) is 14.5. The number of hydrogen-bond acceptors (Lipinski definition) is 3. The highest BCUT2D eigenvalue weighted by Gasteiger charge is 2.30. The van der Waals surface area contributed by atoms with Crippen LogP contribution in [-0.4, -0.2) is 33.4 Å². The van der Waals surface area contributed by atoms with Gasteiger partial charge in [0.25, 0.3) is 0 Å². The van der Waals surface area contributed by atoms with Crippen LogP contribution in [0, 0.1) is 12.8 Å². The predicted molar refractivity (Wildman–Crippen MR) is 93.4 cm³/mol. The lowest BCUT2D eigenvalue weighted by Crippen LogP contribution is -2.35. The number of aliphatic imine (C=N–C) groups is 1. The van der Waals surface area contributed by atoms with Gasteiger partial charge in [0.1, 0.15) is 0 Å². The molecule has 4 heteroatoms. The van der Waals surface area contributed by atoms with E-state index >= 15 is 0 Å². The number of aromatic nitrogens is 1. The highest BCUT2D eigenvalue weighted by atomic mass is 32.2. The third-order valence-electron chi connectivity index (χ3n) is 3.79. The summed E-state index contributed by atoms with van der Waals surface area (Å²) in [5, 5.41) is 1.20. The van der Waals surface area contributed by atoms with Crippen molar-refractivity contribution in [1.82, 2.24) is 9.88 Å². The van der Waals surface area contributed by atoms with E-state index in [0.29, 0.717) is 6.04 Å². The van der Waals surface area contributed by atoms with Crippen LogP contribution < -0.4 is 0 Å². The lowest BCUT2D eigenvalue weighted by Gasteiger charge is -2.27. The molecule has 2 rings (SSSR count). The maximum Gasteiger partial charge on any atom is 0.164 e. The summed E-state index contributed by atoms with van der Waals surface area (Å²) in [6.07, 6.45) is 7.45. The summed E-state index contributed by atoms with van der Waals surface area (Å²) < 4.78 is 0. The van der Waals surface area contributed by atoms with Crippen LogP contribution in [0.2, 0.25) is 0 Å². The van der Waals surface area contributed by atoms with Crippen molar-refractivity contribution in [2.75, 3.05) is 12.3 Å². The van der Waals surface area contributed by atoms with Crippen molar-refractivity contribution in [3.63, 3.8) is 0 Å². The molecule has 1 aromatic rings. The van der Waals surface area contributed by atoms with Gasteiger partial charge in [-0.3, -0.25) is 4.98 Å². The average Bonchev–Trinajstić information content (AvgIpc) is 2.80. The van der Waals surface area contributed by atoms with E-state index in [0.717, 1.165) is 23.7 Å². The molecule has 1 aromatic heterocycles. The minimum absolute atomic E-state index is 0.641. The molecule has 1 saturated heterocycles. The second-order valence-corrected chi connectivity index (χ2v) is 7.19. The second-order valence-electron chi connectivity index (χ2n) is 6.20. The van der Waals surface area contributed by atoms with Crippen molar-refractivity contribution < 1.29 is 0 Å². The lowest BCUT2D eigenvalue weighted by molar-refractivity contribution is 0.302. The molecule has 116 valence electrons. The molecule has 21 heavy (non-hydrogen) atoms. The molecule has 2 heterocycles. The van der Waals surface area contributed by atoms with Crippen molar-refractivity contribution in [1.29, 1.82) is 0 Å². The Hall–Kier alpha value is -1.03. The first-order valence-corrected chi connectivity index (χ1v) is 8.99. The van der Waals surface area contributed by atoms with Crippen molar-refractivity contribution in [2.24, 2.45) is 10.9 Å². The number of hydrogen-bond donors (Lipinski definition) is 0. The third-order valence-corrected chi connectivity index (χ3v) is 4.93. The van der Waals surface area contributed by atoms with Gasteiger partial charge in [0.05, 0.1) is 5.69 Å². The van der Waals surface area contributed by atoms with E-state index in [-0.39, 0.29) is 0 Å². The van der Waals surface area contributed by atoms with Gasteiger partial charge in [-0.05, 0) is 37.3 Å². The Balaban J connectivity index is 2.19. The zero-order chi connectivity index (χ0) is 15.2. The van der Waals surface area contributed by atoms with E-state index < -0.39 is 0 Å². The largest absolute Gasteiger partial charge is 0.347 e. The van der Waals surface area contributed by atoms with Crippen LogP contribution in [-0.2, 0) is 0 Å². The number of pyridine rings is 1. The summed E-state index contributed by atoms with van der Waals surface area (Å²) in [7, 11) is 0. The number of amidine groups is 1. The van der Waals surface area contributed by atoms with Crippen LogP contribution in [0.5, 0.6) is 0 Å². The zero-order valence-electron chi connectivity index (χ0n) is 13.7. The van der Waals surface area contributed by atoms with E-state index in [1.807, 2.05) is 30.2 Å². The minimum Gasteiger partial charge on any atom is -0.347 e. The Labute approximate surface area is 133 Å². The van der Waals surface area contributed by atoms with Crippen LogP contribution in [0.3, 0.4) is 0 Å². The van der Waals surface area contributed by atoms with E-state index in [1.54, 1.807) is 0 Å². The summed E-state index contributed by atoms with van der Waals surface area (Å²) >= 11 is 1.91. The van der Waals surface area contributed by atoms with Gasteiger partial charge >= 0.3 is 0 Å². The van der Waals surface area contributed by atoms with Crippen molar-refractivity contribution >= 4 is 22.6 Å². The van der Waals surface area contributed by atoms with Crippen LogP contribution in [0.1, 0.15) is 45.6 Å². The molecule has 3 nitrogen and oxygen atoms in total. The first kappa shape index (κ1) is 16.3. The maximum atomic E-state index is 4.92. The highest BCUT2D eigenvalue weighted by molar-refractivity contribution is 8.14. The second kappa shape index (κ2) is 7.83. The highest BCUT2D eigenvalue weighted by Crippen LogP contribution is 2.31. The molecule has 0 aliphatic carbocycles. The Bertz CT molecular complexity index is 485. The predicted octanol–water partition coefficient (Wildman–Crippen LogP) is 4.64. The van der Waals surface area contributed by atoms with Crippen molar-refractivity contribution in [3.05, 3.63) is 24.0 Å². The van der Waals surface area contributed by atoms with Crippen molar-refractivity contribution in [3.8, 4) is 0 Å². The van der Waals surface area contributed by atoms with E-state index in [4.69, 9.17) is 4.99 Å². The van der Waals surface area contributed by atoms with E-state index in [2.05, 4.69) is 37.6 Å². The Morgan fingerprint density at radius 3 is 2.95 bits per heavy atom. The quantitative estimate of drug-likeness (QED) is 0.766. The maximum absolute atomic E-state index is 4.92. The van der Waals surface area contributed by atoms with Crippen LogP contribution in [0.15, 0.2) is 23.5 Å². The molecule has 0 amide bonds. The molecule has 0 unspecified atom stereocenters. The molecular formula is C17H27N3S. The van der Waals surface area contributed by atoms with Gasteiger partial charge in [-0.1, -0.05) is 39.0 Å². The topological polar surface area (TPSA) is 28.5 Å². The van der Waals surface area contributed by atoms with Gasteiger partial charge in [-0.25, -0.2) is 4.99 Å². The summed E-state index contributed by atoms with van der Waals surface area (Å²) in [5.41, 5.74) is 2.20. The normalized spacial score (nSPS) is 20.7. The molecule has 0 bridgehead atoms. The molecule has 0 saturated carbocycles. The first-order valence-electron chi connectivity index (χ1n) is 8.00. The lowest BCUT2D eigenvalue weighted by atomic mass is 10.0. The smallest absolute Gasteiger partial charge is 0.164 e. The fourth-order valence-electron chi connectivity index (χ4n) is 2.64. The Morgan fingerprint density at radius 1 is 1.48 bits per heavy atom. The SMILES string of the molecule is CCCCN1C(=Nc2ccncc2C)SC[C@@H]1CC(C)C. The van der Waals surface area contributed by atoms with Gasteiger partial charge in [-0.2, -0.15) is 0 Å². The molecule has 1 aliphatic rings. The first-order chi connectivity index (χ1) is 10.1. The van der Waals surface area contributed by atoms with Crippen LogP contribution in [0.4, 0.5) is 5.69 Å². The Morgan fingerprint density at radius 2 is 2.29 bits per heavy atom. The van der Waals surface area contributed by atoms with Gasteiger partial charge in [0.2, 0.25) is 0 Å². The Kier molecular flexibility index (Phi) is 6.09. The summed E-state index contributed by atoms with van der Waals surface area (Å²) in [6, 6.07) is 2.65. The fraction of sp³-hybridized carbons (Fsp3) is 0.647. The fourth-order valence-corrected chi connectivity index (χ4v) is 3.86. The van der Waals surface area contributed by atoms with Gasteiger partial charge < -0.3 is 4.90 Å². The molecule has 0 N–H and O–H groups in total. The molecule has 0 aromatic carbocycles. The van der Waals surface area contributed by atoms with Gasteiger partial charge in [0, 0.05) is 30.7 Å². The van der Waals surface area contributed by atoms with Crippen molar-refractivity contribution in [2.45, 2.75) is 53.0 Å². The summed E-state index contributed by atoms with van der Waals surface area (Å²) in [5.74, 6) is 1.91. The molecule has 0 radical (unpaired) electrons. The summed E-state index contributed by atoms with van der Waals surface area (Å²) in [4.78, 5) is 11.6. The monoisotopic (exact) mass is 305 g/mol. The third kappa shape index (κ3) is 4.47. The molecule has 0 spiro atoms. The average molecular weight is 305 g/mol. The standard InChI is InChI=1S/C17H27N3S/c1-5-6-9-20-15(10-13(2)3)12-21-17(20)19-16-7-8-18-11-14(16)4/h7-8,11,13,15H,5-6,9-10,12H2,1-4H3/t15-/m0/s1. The van der Waals surface area contributed by atoms with E-state index in [9.17, 15) is 0 Å². The number of rotatable bonds is 6.